The lowest BCUT2D eigenvalue weighted by Gasteiger charge is -2.08. The van der Waals surface area contributed by atoms with E-state index < -0.39 is 0 Å². The number of benzene rings is 2. The van der Waals surface area contributed by atoms with Gasteiger partial charge < -0.3 is 4.74 Å². The van der Waals surface area contributed by atoms with Crippen molar-refractivity contribution in [3.05, 3.63) is 76.3 Å². The van der Waals surface area contributed by atoms with Crippen molar-refractivity contribution in [1.82, 2.24) is 4.98 Å². The third-order valence-corrected chi connectivity index (χ3v) is 5.23. The quantitative estimate of drug-likeness (QED) is 0.739. The number of aryl methyl sites for hydroxylation is 2. The Labute approximate surface area is 150 Å². The van der Waals surface area contributed by atoms with E-state index in [1.807, 2.05) is 42.5 Å². The average molecular weight is 350 g/mol. The molecule has 5 heteroatoms. The third kappa shape index (κ3) is 3.72. The molecule has 4 rings (SSSR count). The molecule has 0 atom stereocenters. The summed E-state index contributed by atoms with van der Waals surface area (Å²) in [6.07, 6.45) is 3.26. The van der Waals surface area contributed by atoms with Gasteiger partial charge in [0.2, 0.25) is 0 Å². The first kappa shape index (κ1) is 15.8. The van der Waals surface area contributed by atoms with Crippen LogP contribution in [0.5, 0.6) is 5.75 Å². The highest BCUT2D eigenvalue weighted by atomic mass is 32.1. The molecule has 0 unspecified atom stereocenters. The van der Waals surface area contributed by atoms with Crippen molar-refractivity contribution in [1.29, 1.82) is 0 Å². The fraction of sp³-hybridized carbons (Fsp3) is 0.200. The maximum atomic E-state index is 12.5. The van der Waals surface area contributed by atoms with Crippen LogP contribution in [0.15, 0.2) is 54.6 Å². The number of carbonyl (C=O) groups excluding carboxylic acids is 1. The first-order valence-corrected chi connectivity index (χ1v) is 9.16. The van der Waals surface area contributed by atoms with Crippen molar-refractivity contribution in [3.63, 3.8) is 0 Å². The Morgan fingerprint density at radius 2 is 2.00 bits per heavy atom. The summed E-state index contributed by atoms with van der Waals surface area (Å²) in [6.45, 7) is 0.477. The smallest absolute Gasteiger partial charge is 0.257 e. The third-order valence-electron chi connectivity index (χ3n) is 4.16. The monoisotopic (exact) mass is 350 g/mol. The molecule has 1 aromatic heterocycles. The SMILES string of the molecule is O=C(Nc1nc2c(s1)CCC2)c1cccc(OCc2ccccc2)c1. The van der Waals surface area contributed by atoms with Crippen molar-refractivity contribution >= 4 is 22.4 Å². The Bertz CT molecular complexity index is 868. The summed E-state index contributed by atoms with van der Waals surface area (Å²) in [5.41, 5.74) is 2.80. The van der Waals surface area contributed by atoms with Gasteiger partial charge in [0.05, 0.1) is 5.69 Å². The second-order valence-corrected chi connectivity index (χ2v) is 7.08. The number of amides is 1. The van der Waals surface area contributed by atoms with Gasteiger partial charge in [-0.2, -0.15) is 0 Å². The van der Waals surface area contributed by atoms with Crippen molar-refractivity contribution in [2.45, 2.75) is 25.9 Å². The minimum absolute atomic E-state index is 0.155. The van der Waals surface area contributed by atoms with Crippen molar-refractivity contribution in [2.75, 3.05) is 5.32 Å². The minimum Gasteiger partial charge on any atom is -0.489 e. The van der Waals surface area contributed by atoms with Crippen LogP contribution in [0.25, 0.3) is 0 Å². The summed E-state index contributed by atoms with van der Waals surface area (Å²) in [4.78, 5) is 18.3. The first-order chi connectivity index (χ1) is 12.3. The van der Waals surface area contributed by atoms with E-state index in [-0.39, 0.29) is 5.91 Å². The van der Waals surface area contributed by atoms with Crippen LogP contribution in [-0.4, -0.2) is 10.9 Å². The highest BCUT2D eigenvalue weighted by Gasteiger charge is 2.18. The first-order valence-electron chi connectivity index (χ1n) is 8.35. The second kappa shape index (κ2) is 7.07. The van der Waals surface area contributed by atoms with Gasteiger partial charge in [0.15, 0.2) is 5.13 Å². The van der Waals surface area contributed by atoms with Crippen LogP contribution >= 0.6 is 11.3 Å². The number of thiazole rings is 1. The number of aromatic nitrogens is 1. The van der Waals surface area contributed by atoms with Crippen LogP contribution in [0.4, 0.5) is 5.13 Å². The van der Waals surface area contributed by atoms with Crippen molar-refractivity contribution < 1.29 is 9.53 Å². The maximum Gasteiger partial charge on any atom is 0.257 e. The van der Waals surface area contributed by atoms with Gasteiger partial charge in [-0.3, -0.25) is 10.1 Å². The lowest BCUT2D eigenvalue weighted by molar-refractivity contribution is 0.102. The van der Waals surface area contributed by atoms with E-state index in [2.05, 4.69) is 10.3 Å². The standard InChI is InChI=1S/C20H18N2O2S/c23-19(22-20-21-17-10-5-11-18(17)25-20)15-8-4-9-16(12-15)24-13-14-6-2-1-3-7-14/h1-4,6-9,12H,5,10-11,13H2,(H,21,22,23). The van der Waals surface area contributed by atoms with Gasteiger partial charge in [0.25, 0.3) is 5.91 Å². The fourth-order valence-corrected chi connectivity index (χ4v) is 3.93. The molecular formula is C20H18N2O2S. The molecule has 126 valence electrons. The summed E-state index contributed by atoms with van der Waals surface area (Å²) in [7, 11) is 0. The van der Waals surface area contributed by atoms with E-state index in [0.29, 0.717) is 23.1 Å². The Morgan fingerprint density at radius 3 is 2.84 bits per heavy atom. The number of hydrogen-bond donors (Lipinski definition) is 1. The maximum absolute atomic E-state index is 12.5. The van der Waals surface area contributed by atoms with Gasteiger partial charge in [0, 0.05) is 10.4 Å². The molecule has 2 aromatic carbocycles. The van der Waals surface area contributed by atoms with Crippen LogP contribution in [-0.2, 0) is 19.4 Å². The molecule has 1 aliphatic carbocycles. The van der Waals surface area contributed by atoms with Crippen LogP contribution in [0, 0.1) is 0 Å². The Kier molecular flexibility index (Phi) is 4.48. The zero-order chi connectivity index (χ0) is 17.1. The molecule has 1 N–H and O–H groups in total. The number of hydrogen-bond acceptors (Lipinski definition) is 4. The number of rotatable bonds is 5. The second-order valence-electron chi connectivity index (χ2n) is 6.00. The van der Waals surface area contributed by atoms with E-state index >= 15 is 0 Å². The summed E-state index contributed by atoms with van der Waals surface area (Å²) in [5.74, 6) is 0.524. The lowest BCUT2D eigenvalue weighted by Crippen LogP contribution is -2.12. The van der Waals surface area contributed by atoms with Crippen LogP contribution in [0.2, 0.25) is 0 Å². The largest absolute Gasteiger partial charge is 0.489 e. The fourth-order valence-electron chi connectivity index (χ4n) is 2.88. The highest BCUT2D eigenvalue weighted by Crippen LogP contribution is 2.30. The van der Waals surface area contributed by atoms with E-state index in [4.69, 9.17) is 4.74 Å². The molecule has 1 amide bonds. The molecule has 0 bridgehead atoms. The lowest BCUT2D eigenvalue weighted by atomic mass is 10.2. The highest BCUT2D eigenvalue weighted by molar-refractivity contribution is 7.16. The molecule has 0 spiro atoms. The van der Waals surface area contributed by atoms with Crippen LogP contribution < -0.4 is 10.1 Å². The van der Waals surface area contributed by atoms with Crippen molar-refractivity contribution in [3.8, 4) is 5.75 Å². The van der Waals surface area contributed by atoms with E-state index in [0.717, 1.165) is 24.1 Å². The molecule has 25 heavy (non-hydrogen) atoms. The number of ether oxygens (including phenoxy) is 1. The number of carbonyl (C=O) groups is 1. The minimum atomic E-state index is -0.155. The zero-order valence-electron chi connectivity index (χ0n) is 13.7. The molecule has 0 fully saturated rings. The van der Waals surface area contributed by atoms with E-state index in [1.54, 1.807) is 23.5 Å². The summed E-state index contributed by atoms with van der Waals surface area (Å²) in [5, 5.41) is 3.59. The molecule has 0 radical (unpaired) electrons. The predicted octanol–water partition coefficient (Wildman–Crippen LogP) is 4.46. The van der Waals surface area contributed by atoms with Gasteiger partial charge in [-0.15, -0.1) is 11.3 Å². The van der Waals surface area contributed by atoms with E-state index in [9.17, 15) is 4.79 Å². The molecule has 1 heterocycles. The Hall–Kier alpha value is -2.66. The van der Waals surface area contributed by atoms with Crippen molar-refractivity contribution in [2.24, 2.45) is 0 Å². The van der Waals surface area contributed by atoms with Crippen LogP contribution in [0.3, 0.4) is 0 Å². The van der Waals surface area contributed by atoms with Gasteiger partial charge in [-0.05, 0) is 43.0 Å². The summed E-state index contributed by atoms with van der Waals surface area (Å²) in [6, 6.07) is 17.2. The number of nitrogens with one attached hydrogen (secondary N) is 1. The molecule has 1 aliphatic rings. The Balaban J connectivity index is 1.42. The molecule has 0 saturated carbocycles. The number of fused-ring (bicyclic) bond motifs is 1. The molecule has 0 saturated heterocycles. The average Bonchev–Trinajstić information content (AvgIpc) is 3.23. The normalized spacial score (nSPS) is 12.6. The summed E-state index contributed by atoms with van der Waals surface area (Å²) < 4.78 is 5.79. The van der Waals surface area contributed by atoms with Gasteiger partial charge in [0.1, 0.15) is 12.4 Å². The predicted molar refractivity (Wildman–Crippen MR) is 99.3 cm³/mol. The number of nitrogens with zero attached hydrogens (tertiary/aromatic N) is 1. The Morgan fingerprint density at radius 1 is 1.12 bits per heavy atom. The number of anilines is 1. The molecule has 4 nitrogen and oxygen atoms in total. The molecular weight excluding hydrogens is 332 g/mol. The topological polar surface area (TPSA) is 51.2 Å². The summed E-state index contributed by atoms with van der Waals surface area (Å²) >= 11 is 1.58. The van der Waals surface area contributed by atoms with Gasteiger partial charge >= 0.3 is 0 Å². The van der Waals surface area contributed by atoms with Crippen LogP contribution in [0.1, 0.15) is 32.9 Å². The molecule has 3 aromatic rings. The zero-order valence-corrected chi connectivity index (χ0v) is 14.5. The van der Waals surface area contributed by atoms with Gasteiger partial charge in [-0.1, -0.05) is 36.4 Å². The molecule has 0 aliphatic heterocycles. The van der Waals surface area contributed by atoms with E-state index in [1.165, 1.54) is 11.3 Å². The van der Waals surface area contributed by atoms with Gasteiger partial charge in [-0.25, -0.2) is 4.98 Å².